The van der Waals surface area contributed by atoms with E-state index in [-0.39, 0.29) is 18.7 Å². The molecule has 0 bridgehead atoms. The summed E-state index contributed by atoms with van der Waals surface area (Å²) < 4.78 is 13.0. The molecular formula is C30H28ClN5O3. The lowest BCUT2D eigenvalue weighted by Crippen LogP contribution is -2.23. The van der Waals surface area contributed by atoms with Crippen LogP contribution in [0, 0.1) is 18.3 Å². The van der Waals surface area contributed by atoms with Crippen LogP contribution in [-0.2, 0) is 13.2 Å². The Labute approximate surface area is 231 Å². The standard InChI is InChI=1S/C30H28ClN5O3/c1-6-18(2)28(33-4)22-13-19(3)34-29-21(22)10-7-11-26(29)39-17-23-24(31)14-27(38-5)35-25(23)16-36-12-8-9-20(15-32)30(36)37/h6-14H,16-17H2,1-5H3. The number of aromatic nitrogens is 3. The van der Waals surface area contributed by atoms with Gasteiger partial charge in [-0.05, 0) is 50.6 Å². The molecule has 0 aliphatic heterocycles. The van der Waals surface area contributed by atoms with Crippen LogP contribution in [0.2, 0.25) is 5.02 Å². The van der Waals surface area contributed by atoms with E-state index in [1.807, 2.05) is 57.2 Å². The van der Waals surface area contributed by atoms with Crippen molar-refractivity contribution in [3.05, 3.63) is 104 Å². The predicted molar refractivity (Wildman–Crippen MR) is 153 cm³/mol. The number of hydrogen-bond donors (Lipinski definition) is 0. The third kappa shape index (κ3) is 5.69. The molecule has 3 aromatic heterocycles. The lowest BCUT2D eigenvalue weighted by molar-refractivity contribution is 0.306. The highest BCUT2D eigenvalue weighted by Crippen LogP contribution is 2.31. The molecule has 0 saturated heterocycles. The maximum atomic E-state index is 12.7. The third-order valence-corrected chi connectivity index (χ3v) is 6.73. The first kappa shape index (κ1) is 27.6. The number of nitriles is 1. The van der Waals surface area contributed by atoms with E-state index in [4.69, 9.17) is 26.1 Å². The van der Waals surface area contributed by atoms with Crippen molar-refractivity contribution >= 4 is 28.2 Å². The fourth-order valence-corrected chi connectivity index (χ4v) is 4.58. The van der Waals surface area contributed by atoms with Crippen LogP contribution in [-0.4, -0.2) is 34.4 Å². The minimum atomic E-state index is -0.418. The van der Waals surface area contributed by atoms with Crippen LogP contribution in [0.1, 0.15) is 41.9 Å². The zero-order chi connectivity index (χ0) is 28.1. The topological polar surface area (TPSA) is 102 Å². The average molecular weight is 542 g/mol. The summed E-state index contributed by atoms with van der Waals surface area (Å²) in [4.78, 5) is 26.5. The van der Waals surface area contributed by atoms with Crippen molar-refractivity contribution in [1.29, 1.82) is 5.26 Å². The molecule has 3 heterocycles. The number of fused-ring (bicyclic) bond motifs is 1. The zero-order valence-electron chi connectivity index (χ0n) is 22.4. The van der Waals surface area contributed by atoms with Gasteiger partial charge in [-0.2, -0.15) is 5.26 Å². The van der Waals surface area contributed by atoms with Crippen LogP contribution in [0.5, 0.6) is 11.6 Å². The first-order valence-corrected chi connectivity index (χ1v) is 12.6. The van der Waals surface area contributed by atoms with E-state index in [9.17, 15) is 10.1 Å². The van der Waals surface area contributed by atoms with Crippen molar-refractivity contribution < 1.29 is 9.47 Å². The van der Waals surface area contributed by atoms with Crippen molar-refractivity contribution in [3.63, 3.8) is 0 Å². The molecule has 0 spiro atoms. The summed E-state index contributed by atoms with van der Waals surface area (Å²) in [6.07, 6.45) is 3.63. The molecule has 1 aromatic carbocycles. The van der Waals surface area contributed by atoms with E-state index in [1.54, 1.807) is 25.4 Å². The van der Waals surface area contributed by atoms with Crippen LogP contribution >= 0.6 is 11.6 Å². The molecule has 39 heavy (non-hydrogen) atoms. The molecule has 198 valence electrons. The van der Waals surface area contributed by atoms with Gasteiger partial charge in [-0.15, -0.1) is 0 Å². The van der Waals surface area contributed by atoms with Gasteiger partial charge in [0.15, 0.2) is 0 Å². The highest BCUT2D eigenvalue weighted by molar-refractivity contribution is 6.31. The Hall–Kier alpha value is -4.48. The molecule has 0 amide bonds. The Morgan fingerprint density at radius 2 is 2.03 bits per heavy atom. The predicted octanol–water partition coefficient (Wildman–Crippen LogP) is 5.65. The molecule has 0 radical (unpaired) electrons. The number of methoxy groups -OCH3 is 1. The molecule has 4 rings (SSSR count). The number of benzene rings is 1. The fraction of sp³-hybridized carbons (Fsp3) is 0.233. The van der Waals surface area contributed by atoms with E-state index in [0.29, 0.717) is 33.4 Å². The second-order valence-corrected chi connectivity index (χ2v) is 9.24. The van der Waals surface area contributed by atoms with Crippen molar-refractivity contribution in [2.75, 3.05) is 14.2 Å². The summed E-state index contributed by atoms with van der Waals surface area (Å²) in [6, 6.07) is 14.4. The maximum absolute atomic E-state index is 12.7. The molecular weight excluding hydrogens is 514 g/mol. The number of aliphatic imine (C=N–C) groups is 1. The number of rotatable bonds is 8. The fourth-order valence-electron chi connectivity index (χ4n) is 4.32. The zero-order valence-corrected chi connectivity index (χ0v) is 23.2. The van der Waals surface area contributed by atoms with Crippen LogP contribution in [0.4, 0.5) is 0 Å². The van der Waals surface area contributed by atoms with Gasteiger partial charge in [-0.25, -0.2) is 9.97 Å². The van der Waals surface area contributed by atoms with Crippen LogP contribution < -0.4 is 15.0 Å². The van der Waals surface area contributed by atoms with Gasteiger partial charge in [-0.3, -0.25) is 9.79 Å². The van der Waals surface area contributed by atoms with Gasteiger partial charge in [0.25, 0.3) is 5.56 Å². The summed E-state index contributed by atoms with van der Waals surface area (Å²) >= 11 is 6.65. The number of nitrogens with zero attached hydrogens (tertiary/aromatic N) is 5. The second-order valence-electron chi connectivity index (χ2n) is 8.83. The average Bonchev–Trinajstić information content (AvgIpc) is 2.93. The number of aryl methyl sites for hydroxylation is 1. The smallest absolute Gasteiger partial charge is 0.268 e. The van der Waals surface area contributed by atoms with Gasteiger partial charge in [0.1, 0.15) is 29.5 Å². The molecule has 0 atom stereocenters. The summed E-state index contributed by atoms with van der Waals surface area (Å²) in [7, 11) is 3.27. The van der Waals surface area contributed by atoms with Crippen molar-refractivity contribution in [1.82, 2.24) is 14.5 Å². The normalized spacial score (nSPS) is 11.9. The van der Waals surface area contributed by atoms with Gasteiger partial charge in [0, 0.05) is 41.5 Å². The van der Waals surface area contributed by atoms with E-state index < -0.39 is 5.56 Å². The Balaban J connectivity index is 1.76. The van der Waals surface area contributed by atoms with E-state index >= 15 is 0 Å². The minimum absolute atomic E-state index is 0.0421. The number of ether oxygens (including phenoxy) is 2. The molecule has 0 unspecified atom stereocenters. The largest absolute Gasteiger partial charge is 0.486 e. The molecule has 4 aromatic rings. The summed E-state index contributed by atoms with van der Waals surface area (Å²) in [5.41, 5.74) is 5.17. The number of para-hydroxylation sites is 1. The number of allylic oxidation sites excluding steroid dienone is 2. The lowest BCUT2D eigenvalue weighted by atomic mass is 9.98. The number of pyridine rings is 3. The molecule has 0 aliphatic rings. The highest BCUT2D eigenvalue weighted by Gasteiger charge is 2.18. The third-order valence-electron chi connectivity index (χ3n) is 6.39. The van der Waals surface area contributed by atoms with Gasteiger partial charge in [0.05, 0.1) is 30.1 Å². The molecule has 0 fully saturated rings. The Bertz CT molecular complexity index is 1720. The monoisotopic (exact) mass is 541 g/mol. The second kappa shape index (κ2) is 11.9. The van der Waals surface area contributed by atoms with Crippen molar-refractivity contribution in [2.45, 2.75) is 33.9 Å². The molecule has 9 heteroatoms. The first-order valence-electron chi connectivity index (χ1n) is 12.3. The maximum Gasteiger partial charge on any atom is 0.268 e. The minimum Gasteiger partial charge on any atom is -0.486 e. The quantitative estimate of drug-likeness (QED) is 0.267. The molecule has 0 N–H and O–H groups in total. The number of halogens is 1. The first-order chi connectivity index (χ1) is 18.8. The molecule has 8 nitrogen and oxygen atoms in total. The van der Waals surface area contributed by atoms with E-state index in [0.717, 1.165) is 27.9 Å². The summed E-state index contributed by atoms with van der Waals surface area (Å²) in [5.74, 6) is 0.883. The van der Waals surface area contributed by atoms with Crippen LogP contribution in [0.15, 0.2) is 70.1 Å². The summed E-state index contributed by atoms with van der Waals surface area (Å²) in [5, 5.41) is 10.6. The highest BCUT2D eigenvalue weighted by atomic mass is 35.5. The Kier molecular flexibility index (Phi) is 8.43. The van der Waals surface area contributed by atoms with E-state index in [1.165, 1.54) is 17.7 Å². The van der Waals surface area contributed by atoms with Crippen LogP contribution in [0.3, 0.4) is 0 Å². The van der Waals surface area contributed by atoms with Crippen LogP contribution in [0.25, 0.3) is 10.9 Å². The lowest BCUT2D eigenvalue weighted by Gasteiger charge is -2.17. The Morgan fingerprint density at radius 1 is 1.23 bits per heavy atom. The van der Waals surface area contributed by atoms with Gasteiger partial charge < -0.3 is 14.0 Å². The molecule has 0 saturated carbocycles. The van der Waals surface area contributed by atoms with Crippen molar-refractivity contribution in [2.24, 2.45) is 4.99 Å². The summed E-state index contributed by atoms with van der Waals surface area (Å²) in [6.45, 7) is 6.11. The number of hydrogen-bond acceptors (Lipinski definition) is 7. The van der Waals surface area contributed by atoms with Crippen molar-refractivity contribution in [3.8, 4) is 17.7 Å². The van der Waals surface area contributed by atoms with E-state index in [2.05, 4.69) is 9.98 Å². The Morgan fingerprint density at radius 3 is 2.72 bits per heavy atom. The molecule has 0 aliphatic carbocycles. The van der Waals surface area contributed by atoms with Gasteiger partial charge in [0.2, 0.25) is 5.88 Å². The SMILES string of the molecule is CC=C(C)C(=NC)c1cc(C)nc2c(OCc3c(Cl)cc(OC)nc3Cn3cccc(C#N)c3=O)cccc12. The van der Waals surface area contributed by atoms with Gasteiger partial charge >= 0.3 is 0 Å². The van der Waals surface area contributed by atoms with Gasteiger partial charge in [-0.1, -0.05) is 29.8 Å².